The van der Waals surface area contributed by atoms with Crippen LogP contribution in [0.2, 0.25) is 0 Å². The molecule has 0 aliphatic carbocycles. The van der Waals surface area contributed by atoms with Gasteiger partial charge in [0.15, 0.2) is 0 Å². The molecule has 0 amide bonds. The number of hydrogen-bond donors (Lipinski definition) is 1. The molecule has 1 aromatic heterocycles. The van der Waals surface area contributed by atoms with Crippen LogP contribution in [-0.4, -0.2) is 17.5 Å². The van der Waals surface area contributed by atoms with Crippen molar-refractivity contribution in [2.45, 2.75) is 13.8 Å². The molecule has 0 aliphatic rings. The van der Waals surface area contributed by atoms with Crippen LogP contribution in [0.3, 0.4) is 0 Å². The first-order chi connectivity index (χ1) is 7.20. The van der Waals surface area contributed by atoms with Gasteiger partial charge in [0.2, 0.25) is 0 Å². The average Bonchev–Trinajstić information content (AvgIpc) is 2.67. The van der Waals surface area contributed by atoms with E-state index in [0.29, 0.717) is 0 Å². The second-order valence-electron chi connectivity index (χ2n) is 2.81. The lowest BCUT2D eigenvalue weighted by Gasteiger charge is -1.83. The van der Waals surface area contributed by atoms with E-state index in [9.17, 15) is 0 Å². The number of nitrogens with one attached hydrogen (secondary N) is 1. The summed E-state index contributed by atoms with van der Waals surface area (Å²) >= 11 is 4.65. The highest BCUT2D eigenvalue weighted by Crippen LogP contribution is 2.09. The van der Waals surface area contributed by atoms with Gasteiger partial charge in [-0.05, 0) is 30.0 Å². The number of H-pyrrole nitrogens is 1. The summed E-state index contributed by atoms with van der Waals surface area (Å²) in [5.74, 6) is 0. The molecule has 0 fully saturated rings. The molecule has 0 aliphatic heterocycles. The van der Waals surface area contributed by atoms with E-state index in [1.54, 1.807) is 0 Å². The number of aromatic nitrogens is 1. The second-order valence-corrected chi connectivity index (χ2v) is 6.29. The molecule has 1 N–H and O–H groups in total. The number of fused-ring (bicyclic) bond motifs is 1. The zero-order chi connectivity index (χ0) is 11.7. The Hall–Kier alpha value is -0.670. The first kappa shape index (κ1) is 14.3. The van der Waals surface area contributed by atoms with Crippen molar-refractivity contribution in [3.05, 3.63) is 36.5 Å². The number of rotatable bonds is 0. The zero-order valence-electron chi connectivity index (χ0n) is 9.78. The number of benzene rings is 1. The van der Waals surface area contributed by atoms with Crippen LogP contribution in [0.25, 0.3) is 10.9 Å². The second kappa shape index (κ2) is 8.62. The Kier molecular flexibility index (Phi) is 8.24. The minimum Gasteiger partial charge on any atom is -0.361 e. The van der Waals surface area contributed by atoms with Crippen LogP contribution < -0.4 is 0 Å². The van der Waals surface area contributed by atoms with E-state index >= 15 is 0 Å². The fraction of sp³-hybridized carbons (Fsp3) is 0.333. The van der Waals surface area contributed by atoms with E-state index in [1.165, 1.54) is 10.9 Å². The smallest absolute Gasteiger partial charge is 0.0453 e. The maximum absolute atomic E-state index is 4.65. The molecule has 0 spiro atoms. The fourth-order valence-corrected chi connectivity index (χ4v) is 0.995. The zero-order valence-corrected chi connectivity index (χ0v) is 11.4. The maximum Gasteiger partial charge on any atom is 0.0453 e. The first-order valence-electron chi connectivity index (χ1n) is 4.97. The Labute approximate surface area is 99.5 Å². The van der Waals surface area contributed by atoms with Gasteiger partial charge in [-0.25, -0.2) is 0 Å². The van der Waals surface area contributed by atoms with Crippen molar-refractivity contribution in [3.8, 4) is 0 Å². The topological polar surface area (TPSA) is 15.8 Å². The molecule has 15 heavy (non-hydrogen) atoms. The van der Waals surface area contributed by atoms with E-state index in [-0.39, 0.29) is 9.45 Å². The molecule has 0 saturated carbocycles. The van der Waals surface area contributed by atoms with E-state index in [1.807, 2.05) is 44.7 Å². The summed E-state index contributed by atoms with van der Waals surface area (Å²) in [5.41, 5.74) is 1.21. The normalized spacial score (nSPS) is 8.87. The highest BCUT2D eigenvalue weighted by molar-refractivity contribution is 8.28. The molecular formula is C12H19NS2. The highest BCUT2D eigenvalue weighted by Gasteiger charge is 1.86. The predicted molar refractivity (Wildman–Crippen MR) is 76.2 cm³/mol. The van der Waals surface area contributed by atoms with Crippen molar-refractivity contribution in [1.82, 2.24) is 4.98 Å². The molecule has 1 aromatic carbocycles. The van der Waals surface area contributed by atoms with Crippen LogP contribution in [-0.2, 0) is 20.6 Å². The largest absolute Gasteiger partial charge is 0.361 e. The number of para-hydroxylation sites is 1. The minimum atomic E-state index is 0.222. The Morgan fingerprint density at radius 2 is 1.60 bits per heavy atom. The molecule has 2 aromatic rings. The van der Waals surface area contributed by atoms with Crippen molar-refractivity contribution in [2.75, 3.05) is 12.5 Å². The Balaban J connectivity index is 0.000000282. The molecule has 0 unspecified atom stereocenters. The number of aromatic amines is 1. The summed E-state index contributed by atoms with van der Waals surface area (Å²) in [7, 11) is 0.222. The van der Waals surface area contributed by atoms with Crippen LogP contribution >= 0.6 is 0 Å². The number of hydrogen-bond acceptors (Lipinski definition) is 1. The van der Waals surface area contributed by atoms with Gasteiger partial charge in [0.1, 0.15) is 0 Å². The van der Waals surface area contributed by atoms with Gasteiger partial charge in [0.05, 0.1) is 0 Å². The van der Waals surface area contributed by atoms with Crippen molar-refractivity contribution in [1.29, 1.82) is 0 Å². The third-order valence-corrected chi connectivity index (χ3v) is 1.46. The van der Waals surface area contributed by atoms with Crippen molar-refractivity contribution >= 4 is 31.5 Å². The van der Waals surface area contributed by atoms with Gasteiger partial charge in [-0.2, -0.15) is 0 Å². The van der Waals surface area contributed by atoms with E-state index in [2.05, 4.69) is 34.4 Å². The molecule has 1 heterocycles. The van der Waals surface area contributed by atoms with Crippen molar-refractivity contribution < 1.29 is 0 Å². The van der Waals surface area contributed by atoms with E-state index in [4.69, 9.17) is 0 Å². The highest BCUT2D eigenvalue weighted by atomic mass is 32.8. The average molecular weight is 241 g/mol. The summed E-state index contributed by atoms with van der Waals surface area (Å²) < 4.78 is 0. The molecule has 84 valence electrons. The van der Waals surface area contributed by atoms with Gasteiger partial charge < -0.3 is 4.98 Å². The molecule has 3 heteroatoms. The van der Waals surface area contributed by atoms with Crippen LogP contribution in [0.4, 0.5) is 0 Å². The minimum absolute atomic E-state index is 0.222. The van der Waals surface area contributed by atoms with Crippen LogP contribution in [0.15, 0.2) is 36.5 Å². The van der Waals surface area contributed by atoms with Crippen molar-refractivity contribution in [3.63, 3.8) is 0 Å². The third-order valence-electron chi connectivity index (χ3n) is 1.46. The molecule has 0 saturated heterocycles. The molecule has 2 rings (SSSR count). The van der Waals surface area contributed by atoms with Gasteiger partial charge in [0, 0.05) is 11.7 Å². The SMILES string of the molecule is CC.CS(C)=S.c1ccc2[nH]ccc2c1. The Bertz CT molecular complexity index is 359. The van der Waals surface area contributed by atoms with E-state index in [0.717, 1.165) is 0 Å². The monoisotopic (exact) mass is 241 g/mol. The van der Waals surface area contributed by atoms with Gasteiger partial charge >= 0.3 is 0 Å². The molecule has 0 radical (unpaired) electrons. The van der Waals surface area contributed by atoms with Gasteiger partial charge in [0.25, 0.3) is 0 Å². The van der Waals surface area contributed by atoms with Gasteiger partial charge in [-0.1, -0.05) is 43.2 Å². The summed E-state index contributed by atoms with van der Waals surface area (Å²) in [4.78, 5) is 3.12. The molecular weight excluding hydrogens is 222 g/mol. The third kappa shape index (κ3) is 6.42. The molecule has 0 atom stereocenters. The molecule has 1 nitrogen and oxygen atoms in total. The summed E-state index contributed by atoms with van der Waals surface area (Å²) in [6.07, 6.45) is 5.97. The lowest BCUT2D eigenvalue weighted by Crippen LogP contribution is -1.67. The summed E-state index contributed by atoms with van der Waals surface area (Å²) in [6.45, 7) is 4.00. The Morgan fingerprint density at radius 3 is 2.13 bits per heavy atom. The molecule has 0 bridgehead atoms. The lowest BCUT2D eigenvalue weighted by molar-refractivity contribution is 1.48. The van der Waals surface area contributed by atoms with Crippen LogP contribution in [0.5, 0.6) is 0 Å². The van der Waals surface area contributed by atoms with E-state index < -0.39 is 0 Å². The Morgan fingerprint density at radius 1 is 1.07 bits per heavy atom. The predicted octanol–water partition coefficient (Wildman–Crippen LogP) is 3.52. The van der Waals surface area contributed by atoms with Gasteiger partial charge in [-0.3, -0.25) is 0 Å². The van der Waals surface area contributed by atoms with Crippen LogP contribution in [0.1, 0.15) is 13.8 Å². The fourth-order valence-electron chi connectivity index (χ4n) is 0.995. The standard InChI is InChI=1S/C8H7N.C2H6S2.C2H6/c1-2-4-8-7(3-1)5-6-9-8;1-4(2)3;1-2/h1-6,9H;1-2H3;1-2H3. The lowest BCUT2D eigenvalue weighted by atomic mass is 10.3. The van der Waals surface area contributed by atoms with Gasteiger partial charge in [-0.15, -0.1) is 9.45 Å². The van der Waals surface area contributed by atoms with Crippen LogP contribution in [0, 0.1) is 0 Å². The quantitative estimate of drug-likeness (QED) is 0.746. The summed E-state index contributed by atoms with van der Waals surface area (Å²) in [6, 6.07) is 10.3. The van der Waals surface area contributed by atoms with Crippen molar-refractivity contribution in [2.24, 2.45) is 0 Å². The summed E-state index contributed by atoms with van der Waals surface area (Å²) in [5, 5.41) is 1.28. The first-order valence-corrected chi connectivity index (χ1v) is 7.94. The maximum atomic E-state index is 4.65.